The summed E-state index contributed by atoms with van der Waals surface area (Å²) in [4.78, 5) is 11.1. The van der Waals surface area contributed by atoms with Gasteiger partial charge in [-0.2, -0.15) is 4.98 Å². The Morgan fingerprint density at radius 1 is 1.53 bits per heavy atom. The summed E-state index contributed by atoms with van der Waals surface area (Å²) >= 11 is 0. The molecule has 0 amide bonds. The van der Waals surface area contributed by atoms with E-state index in [0.29, 0.717) is 17.8 Å². The van der Waals surface area contributed by atoms with E-state index in [4.69, 9.17) is 4.74 Å². The molecule has 106 valence electrons. The second kappa shape index (κ2) is 6.70. The molecule has 0 aliphatic carbocycles. The number of aromatic nitrogens is 2. The van der Waals surface area contributed by atoms with Crippen LogP contribution in [0.1, 0.15) is 26.7 Å². The molecule has 0 radical (unpaired) electrons. The third-order valence-corrected chi connectivity index (χ3v) is 3.30. The first-order valence-electron chi connectivity index (χ1n) is 7.04. The molecular formula is C14H24N4O. The van der Waals surface area contributed by atoms with Gasteiger partial charge in [-0.3, -0.25) is 0 Å². The van der Waals surface area contributed by atoms with Crippen molar-refractivity contribution >= 4 is 5.95 Å². The van der Waals surface area contributed by atoms with E-state index in [9.17, 15) is 0 Å². The maximum atomic E-state index is 5.19. The lowest BCUT2D eigenvalue weighted by molar-refractivity contribution is 0.396. The molecule has 2 heterocycles. The van der Waals surface area contributed by atoms with Gasteiger partial charge < -0.3 is 15.0 Å². The zero-order chi connectivity index (χ0) is 13.7. The first-order valence-corrected chi connectivity index (χ1v) is 7.04. The number of ether oxygens (including phenoxy) is 1. The second-order valence-electron chi connectivity index (χ2n) is 5.49. The number of methoxy groups -OCH3 is 1. The number of rotatable bonds is 6. The van der Waals surface area contributed by atoms with Gasteiger partial charge in [0.15, 0.2) is 0 Å². The van der Waals surface area contributed by atoms with Crippen LogP contribution in [0, 0.1) is 5.92 Å². The summed E-state index contributed by atoms with van der Waals surface area (Å²) in [6.07, 6.45) is 4.26. The number of hydrogen-bond donors (Lipinski definition) is 1. The number of hydrogen-bond acceptors (Lipinski definition) is 5. The highest BCUT2D eigenvalue weighted by molar-refractivity contribution is 5.32. The van der Waals surface area contributed by atoms with Crippen molar-refractivity contribution in [2.24, 2.45) is 5.92 Å². The van der Waals surface area contributed by atoms with Crippen LogP contribution in [0.4, 0.5) is 5.95 Å². The van der Waals surface area contributed by atoms with Crippen molar-refractivity contribution in [3.63, 3.8) is 0 Å². The quantitative estimate of drug-likeness (QED) is 0.847. The van der Waals surface area contributed by atoms with E-state index in [-0.39, 0.29) is 0 Å². The topological polar surface area (TPSA) is 50.3 Å². The molecule has 1 aromatic rings. The van der Waals surface area contributed by atoms with Crippen molar-refractivity contribution < 1.29 is 4.74 Å². The van der Waals surface area contributed by atoms with Gasteiger partial charge in [-0.1, -0.05) is 13.8 Å². The van der Waals surface area contributed by atoms with Gasteiger partial charge in [-0.15, -0.1) is 0 Å². The number of nitrogens with one attached hydrogen (secondary N) is 1. The molecule has 2 rings (SSSR count). The van der Waals surface area contributed by atoms with Gasteiger partial charge in [0, 0.05) is 31.4 Å². The molecule has 1 atom stereocenters. The Hall–Kier alpha value is -1.36. The maximum Gasteiger partial charge on any atom is 0.228 e. The summed E-state index contributed by atoms with van der Waals surface area (Å²) in [5, 5.41) is 3.53. The molecule has 0 saturated carbocycles. The second-order valence-corrected chi connectivity index (χ2v) is 5.49. The Balaban J connectivity index is 2.10. The highest BCUT2D eigenvalue weighted by Crippen LogP contribution is 2.16. The van der Waals surface area contributed by atoms with Crippen LogP contribution in [-0.4, -0.2) is 42.8 Å². The lowest BCUT2D eigenvalue weighted by atomic mass is 10.1. The molecule has 1 N–H and O–H groups in total. The molecule has 1 aliphatic rings. The van der Waals surface area contributed by atoms with Crippen LogP contribution in [0.15, 0.2) is 12.3 Å². The lowest BCUT2D eigenvalue weighted by Gasteiger charge is -2.27. The standard InChI is InChI=1S/C14H24N4O/c1-11(2)9-18(10-12-5-4-7-15-12)14-16-8-6-13(17-14)19-3/h6,8,11-12,15H,4-5,7,9-10H2,1-3H3. The van der Waals surface area contributed by atoms with E-state index >= 15 is 0 Å². The van der Waals surface area contributed by atoms with Gasteiger partial charge in [0.2, 0.25) is 11.8 Å². The molecule has 1 fully saturated rings. The third kappa shape index (κ3) is 4.06. The molecule has 5 nitrogen and oxygen atoms in total. The molecule has 1 saturated heterocycles. The summed E-state index contributed by atoms with van der Waals surface area (Å²) in [5.41, 5.74) is 0. The van der Waals surface area contributed by atoms with Gasteiger partial charge in [0.1, 0.15) is 0 Å². The molecule has 1 aliphatic heterocycles. The first-order chi connectivity index (χ1) is 9.19. The van der Waals surface area contributed by atoms with Gasteiger partial charge in [0.05, 0.1) is 7.11 Å². The van der Waals surface area contributed by atoms with Gasteiger partial charge in [-0.25, -0.2) is 4.98 Å². The normalized spacial score (nSPS) is 18.8. The zero-order valence-corrected chi connectivity index (χ0v) is 12.1. The van der Waals surface area contributed by atoms with Crippen LogP contribution in [0.25, 0.3) is 0 Å². The predicted molar refractivity (Wildman–Crippen MR) is 76.7 cm³/mol. The van der Waals surface area contributed by atoms with E-state index < -0.39 is 0 Å². The highest BCUT2D eigenvalue weighted by atomic mass is 16.5. The molecule has 19 heavy (non-hydrogen) atoms. The minimum absolute atomic E-state index is 0.550. The Kier molecular flexibility index (Phi) is 4.96. The summed E-state index contributed by atoms with van der Waals surface area (Å²) < 4.78 is 5.19. The highest BCUT2D eigenvalue weighted by Gasteiger charge is 2.20. The fraction of sp³-hybridized carbons (Fsp3) is 0.714. The van der Waals surface area contributed by atoms with Gasteiger partial charge in [0.25, 0.3) is 0 Å². The van der Waals surface area contributed by atoms with Crippen LogP contribution >= 0.6 is 0 Å². The number of anilines is 1. The van der Waals surface area contributed by atoms with Crippen molar-refractivity contribution in [1.29, 1.82) is 0 Å². The summed E-state index contributed by atoms with van der Waals surface area (Å²) in [5.74, 6) is 1.97. The van der Waals surface area contributed by atoms with Crippen molar-refractivity contribution in [1.82, 2.24) is 15.3 Å². The summed E-state index contributed by atoms with van der Waals surface area (Å²) in [6.45, 7) is 7.49. The molecule has 1 aromatic heterocycles. The maximum absolute atomic E-state index is 5.19. The van der Waals surface area contributed by atoms with Crippen molar-refractivity contribution in [3.8, 4) is 5.88 Å². The van der Waals surface area contributed by atoms with E-state index in [1.807, 2.05) is 0 Å². The van der Waals surface area contributed by atoms with Crippen LogP contribution < -0.4 is 15.0 Å². The Morgan fingerprint density at radius 3 is 3.00 bits per heavy atom. The molecule has 0 bridgehead atoms. The van der Waals surface area contributed by atoms with Crippen molar-refractivity contribution in [2.45, 2.75) is 32.7 Å². The molecule has 1 unspecified atom stereocenters. The SMILES string of the molecule is COc1ccnc(N(CC(C)C)CC2CCCN2)n1. The number of nitrogens with zero attached hydrogens (tertiary/aromatic N) is 3. The Bertz CT molecular complexity index is 391. The smallest absolute Gasteiger partial charge is 0.228 e. The van der Waals surface area contributed by atoms with E-state index in [1.54, 1.807) is 19.4 Å². The first kappa shape index (κ1) is 14.1. The Labute approximate surface area is 115 Å². The molecule has 0 aromatic carbocycles. The van der Waals surface area contributed by atoms with Gasteiger partial charge in [-0.05, 0) is 25.3 Å². The minimum Gasteiger partial charge on any atom is -0.481 e. The van der Waals surface area contributed by atoms with Gasteiger partial charge >= 0.3 is 0 Å². The van der Waals surface area contributed by atoms with Crippen LogP contribution in [0.3, 0.4) is 0 Å². The van der Waals surface area contributed by atoms with Crippen molar-refractivity contribution in [2.75, 3.05) is 31.6 Å². The van der Waals surface area contributed by atoms with E-state index in [0.717, 1.165) is 25.6 Å². The fourth-order valence-electron chi connectivity index (χ4n) is 2.46. The monoisotopic (exact) mass is 264 g/mol. The van der Waals surface area contributed by atoms with Crippen molar-refractivity contribution in [3.05, 3.63) is 12.3 Å². The fourth-order valence-corrected chi connectivity index (χ4v) is 2.46. The van der Waals surface area contributed by atoms with Crippen LogP contribution in [0.5, 0.6) is 5.88 Å². The third-order valence-electron chi connectivity index (χ3n) is 3.30. The predicted octanol–water partition coefficient (Wildman–Crippen LogP) is 1.70. The average Bonchev–Trinajstić information content (AvgIpc) is 2.90. The van der Waals surface area contributed by atoms with Crippen LogP contribution in [0.2, 0.25) is 0 Å². The molecule has 0 spiro atoms. The average molecular weight is 264 g/mol. The summed E-state index contributed by atoms with van der Waals surface area (Å²) in [7, 11) is 1.64. The Morgan fingerprint density at radius 2 is 2.37 bits per heavy atom. The largest absolute Gasteiger partial charge is 0.481 e. The van der Waals surface area contributed by atoms with E-state index in [2.05, 4.69) is 34.0 Å². The minimum atomic E-state index is 0.550. The van der Waals surface area contributed by atoms with Crippen LogP contribution in [-0.2, 0) is 0 Å². The molecule has 5 heteroatoms. The van der Waals surface area contributed by atoms with E-state index in [1.165, 1.54) is 12.8 Å². The zero-order valence-electron chi connectivity index (χ0n) is 12.1. The lowest BCUT2D eigenvalue weighted by Crippen LogP contribution is -2.40. The molecular weight excluding hydrogens is 240 g/mol. The summed E-state index contributed by atoms with van der Waals surface area (Å²) in [6, 6.07) is 2.33.